The number of aryl methyl sites for hydroxylation is 2. The Morgan fingerprint density at radius 2 is 1.59 bits per heavy atom. The van der Waals surface area contributed by atoms with Gasteiger partial charge in [0.15, 0.2) is 12.9 Å². The minimum atomic E-state index is -0.997. The molecule has 0 aromatic heterocycles. The summed E-state index contributed by atoms with van der Waals surface area (Å²) in [4.78, 5) is 26.4. The van der Waals surface area contributed by atoms with Crippen molar-refractivity contribution in [2.24, 2.45) is 5.92 Å². The first kappa shape index (κ1) is 33.2. The Balaban J connectivity index is 1.26. The van der Waals surface area contributed by atoms with E-state index in [1.807, 2.05) is 93.7 Å². The summed E-state index contributed by atoms with van der Waals surface area (Å²) in [5, 5.41) is 20.7. The molecule has 6 atom stereocenters. The number of benzene rings is 3. The zero-order chi connectivity index (χ0) is 32.5. The molecule has 2 aliphatic rings. The predicted octanol–water partition coefficient (Wildman–Crippen LogP) is 4.30. The van der Waals surface area contributed by atoms with E-state index in [-0.39, 0.29) is 37.7 Å². The van der Waals surface area contributed by atoms with Crippen LogP contribution in [0, 0.1) is 19.8 Å². The largest absolute Gasteiger partial charge is 0.483 e. The Morgan fingerprint density at radius 3 is 2.24 bits per heavy atom. The number of ether oxygens (including phenoxy) is 4. The van der Waals surface area contributed by atoms with E-state index in [0.717, 1.165) is 34.4 Å². The van der Waals surface area contributed by atoms with Crippen LogP contribution < -0.4 is 20.7 Å². The van der Waals surface area contributed by atoms with Crippen LogP contribution in [0.4, 0.5) is 10.5 Å². The average molecular weight is 632 g/mol. The highest BCUT2D eigenvalue weighted by molar-refractivity contribution is 5.78. The van der Waals surface area contributed by atoms with Crippen molar-refractivity contribution in [1.29, 1.82) is 0 Å². The maximum Gasteiger partial charge on any atom is 0.407 e. The highest BCUT2D eigenvalue weighted by Gasteiger charge is 2.44. The van der Waals surface area contributed by atoms with Crippen molar-refractivity contribution in [2.45, 2.75) is 70.1 Å². The number of carbonyl (C=O) groups excluding carboxylic acids is 2. The molecule has 0 saturated carbocycles. The monoisotopic (exact) mass is 631 g/mol. The average Bonchev–Trinajstić information content (AvgIpc) is 3.66. The van der Waals surface area contributed by atoms with Crippen molar-refractivity contribution >= 4 is 17.7 Å². The summed E-state index contributed by atoms with van der Waals surface area (Å²) in [5.74, 6) is 0.374. The molecule has 2 fully saturated rings. The van der Waals surface area contributed by atoms with Crippen LogP contribution in [0.15, 0.2) is 72.8 Å². The van der Waals surface area contributed by atoms with Crippen LogP contribution in [0.25, 0.3) is 0 Å². The van der Waals surface area contributed by atoms with Gasteiger partial charge in [0, 0.05) is 18.8 Å². The van der Waals surface area contributed by atoms with Gasteiger partial charge in [0.25, 0.3) is 5.91 Å². The number of aliphatic hydroxyl groups excluding tert-OH is 1. The summed E-state index contributed by atoms with van der Waals surface area (Å²) < 4.78 is 22.9. The summed E-state index contributed by atoms with van der Waals surface area (Å²) in [7, 11) is 1.86. The van der Waals surface area contributed by atoms with Crippen LogP contribution in [-0.2, 0) is 31.8 Å². The Kier molecular flexibility index (Phi) is 11.5. The number of hydrogen-bond donors (Lipinski definition) is 4. The molecule has 4 N–H and O–H groups in total. The molecule has 0 spiro atoms. The number of carbonyl (C=O) groups is 2. The molecule has 5 rings (SSSR count). The van der Waals surface area contributed by atoms with Crippen LogP contribution >= 0.6 is 0 Å². The van der Waals surface area contributed by atoms with Gasteiger partial charge in [-0.25, -0.2) is 4.79 Å². The van der Waals surface area contributed by atoms with Gasteiger partial charge in [0.05, 0.1) is 31.3 Å². The fourth-order valence-corrected chi connectivity index (χ4v) is 6.30. The summed E-state index contributed by atoms with van der Waals surface area (Å²) in [6, 6.07) is 22.3. The summed E-state index contributed by atoms with van der Waals surface area (Å²) in [5.41, 5.74) is 4.79. The van der Waals surface area contributed by atoms with Crippen LogP contribution in [0.3, 0.4) is 0 Å². The van der Waals surface area contributed by atoms with E-state index in [0.29, 0.717) is 25.2 Å². The van der Waals surface area contributed by atoms with Gasteiger partial charge in [-0.1, -0.05) is 60.7 Å². The molecule has 0 unspecified atom stereocenters. The van der Waals surface area contributed by atoms with E-state index in [9.17, 15) is 14.7 Å². The topological polar surface area (TPSA) is 127 Å². The number of aliphatic hydroxyl groups is 1. The SMILES string of the molecule is CNc1cc(C)c(OCC(=O)N[C@@H](Cc2ccccc2)C[C@H](O)[C@H](Cc2ccccc2)NC(=O)O[C@@H]2CO[C@H]3OCC[C@H]32)c(C)c1. The Labute approximate surface area is 270 Å². The molecule has 0 bridgehead atoms. The molecule has 2 aliphatic heterocycles. The maximum atomic E-state index is 13.2. The maximum absolute atomic E-state index is 13.2. The van der Waals surface area contributed by atoms with Crippen molar-refractivity contribution in [3.8, 4) is 5.75 Å². The lowest BCUT2D eigenvalue weighted by molar-refractivity contribution is -0.124. The van der Waals surface area contributed by atoms with Gasteiger partial charge in [-0.15, -0.1) is 0 Å². The molecule has 3 aromatic carbocycles. The van der Waals surface area contributed by atoms with E-state index < -0.39 is 30.4 Å². The van der Waals surface area contributed by atoms with Crippen molar-refractivity contribution in [2.75, 3.05) is 32.2 Å². The quantitative estimate of drug-likeness (QED) is 0.208. The molecular formula is C36H45N3O7. The molecule has 46 heavy (non-hydrogen) atoms. The molecule has 2 amide bonds. The van der Waals surface area contributed by atoms with Crippen LogP contribution in [0.2, 0.25) is 0 Å². The lowest BCUT2D eigenvalue weighted by Gasteiger charge is -2.29. The highest BCUT2D eigenvalue weighted by Crippen LogP contribution is 2.33. The lowest BCUT2D eigenvalue weighted by atomic mass is 9.93. The molecule has 0 aliphatic carbocycles. The zero-order valence-electron chi connectivity index (χ0n) is 26.7. The molecule has 2 heterocycles. The number of amides is 2. The van der Waals surface area contributed by atoms with Crippen molar-refractivity contribution in [3.05, 3.63) is 95.1 Å². The Morgan fingerprint density at radius 1 is 0.935 bits per heavy atom. The number of alkyl carbamates (subject to hydrolysis) is 1. The number of anilines is 1. The first-order chi connectivity index (χ1) is 22.3. The molecule has 3 aromatic rings. The number of hydrogen-bond acceptors (Lipinski definition) is 8. The Hall–Kier alpha value is -4.12. The van der Waals surface area contributed by atoms with E-state index in [2.05, 4.69) is 16.0 Å². The van der Waals surface area contributed by atoms with Gasteiger partial charge >= 0.3 is 6.09 Å². The van der Waals surface area contributed by atoms with Crippen LogP contribution in [-0.4, -0.2) is 74.6 Å². The second kappa shape index (κ2) is 15.9. The molecule has 10 heteroatoms. The van der Waals surface area contributed by atoms with E-state index in [1.165, 1.54) is 0 Å². The van der Waals surface area contributed by atoms with Gasteiger partial charge < -0.3 is 40.0 Å². The molecule has 2 saturated heterocycles. The van der Waals surface area contributed by atoms with Crippen molar-refractivity contribution < 1.29 is 33.6 Å². The van der Waals surface area contributed by atoms with Crippen LogP contribution in [0.5, 0.6) is 5.75 Å². The van der Waals surface area contributed by atoms with E-state index in [1.54, 1.807) is 0 Å². The minimum absolute atomic E-state index is 0.00440. The fraction of sp³-hybridized carbons (Fsp3) is 0.444. The number of fused-ring (bicyclic) bond motifs is 1. The van der Waals surface area contributed by atoms with Crippen molar-refractivity contribution in [1.82, 2.24) is 10.6 Å². The second-order valence-corrected chi connectivity index (χ2v) is 12.1. The number of rotatable bonds is 14. The number of nitrogens with one attached hydrogen (secondary N) is 3. The highest BCUT2D eigenvalue weighted by atomic mass is 16.7. The first-order valence-corrected chi connectivity index (χ1v) is 16.0. The molecular weight excluding hydrogens is 586 g/mol. The summed E-state index contributed by atoms with van der Waals surface area (Å²) in [6.07, 6.45) is -0.531. The van der Waals surface area contributed by atoms with Gasteiger partial charge in [-0.2, -0.15) is 0 Å². The standard InChI is InChI=1S/C36H45N3O7/c1-23-16-27(37-3)17-24(2)34(23)44-22-33(41)38-28(18-25-10-6-4-7-11-25)20-31(40)30(19-26-12-8-5-9-13-26)39-36(42)46-32-21-45-35-29(32)14-15-43-35/h4-13,16-17,28-32,35,37,40H,14-15,18-22H2,1-3H3,(H,38,41)(H,39,42)/t28-,29-,30-,31-,32+,35+/m0/s1. The normalized spacial score (nSPS) is 20.7. The zero-order valence-corrected chi connectivity index (χ0v) is 26.7. The van der Waals surface area contributed by atoms with Gasteiger partial charge in [0.2, 0.25) is 0 Å². The first-order valence-electron chi connectivity index (χ1n) is 16.0. The van der Waals surface area contributed by atoms with Crippen LogP contribution in [0.1, 0.15) is 35.1 Å². The third kappa shape index (κ3) is 8.99. The Bertz CT molecular complexity index is 1420. The predicted molar refractivity (Wildman–Crippen MR) is 175 cm³/mol. The fourth-order valence-electron chi connectivity index (χ4n) is 6.30. The summed E-state index contributed by atoms with van der Waals surface area (Å²) in [6.45, 7) is 4.57. The second-order valence-electron chi connectivity index (χ2n) is 12.1. The molecule has 10 nitrogen and oxygen atoms in total. The third-order valence-electron chi connectivity index (χ3n) is 8.62. The van der Waals surface area contributed by atoms with Gasteiger partial charge in [-0.05, 0) is 73.9 Å². The molecule has 0 radical (unpaired) electrons. The smallest absolute Gasteiger partial charge is 0.407 e. The van der Waals surface area contributed by atoms with E-state index in [4.69, 9.17) is 18.9 Å². The molecule has 246 valence electrons. The van der Waals surface area contributed by atoms with Gasteiger partial charge in [0.1, 0.15) is 11.9 Å². The third-order valence-corrected chi connectivity index (χ3v) is 8.62. The lowest BCUT2D eigenvalue weighted by Crippen LogP contribution is -2.50. The summed E-state index contributed by atoms with van der Waals surface area (Å²) >= 11 is 0. The van der Waals surface area contributed by atoms with Crippen molar-refractivity contribution in [3.63, 3.8) is 0 Å². The van der Waals surface area contributed by atoms with Gasteiger partial charge in [-0.3, -0.25) is 4.79 Å². The minimum Gasteiger partial charge on any atom is -0.483 e. The van der Waals surface area contributed by atoms with E-state index >= 15 is 0 Å².